The lowest BCUT2D eigenvalue weighted by atomic mass is 10.2. The van der Waals surface area contributed by atoms with Crippen molar-refractivity contribution >= 4 is 21.2 Å². The predicted molar refractivity (Wildman–Crippen MR) is 81.2 cm³/mol. The van der Waals surface area contributed by atoms with E-state index in [0.29, 0.717) is 16.5 Å². The van der Waals surface area contributed by atoms with E-state index < -0.39 is 9.84 Å². The number of hydrogen-bond acceptors (Lipinski definition) is 7. The van der Waals surface area contributed by atoms with Gasteiger partial charge in [-0.2, -0.15) is 0 Å². The van der Waals surface area contributed by atoms with Crippen molar-refractivity contribution < 1.29 is 12.8 Å². The SMILES string of the molecule is Cc1ncc(CS(=O)(=O)c2nnc(-c3ccoc3C)n2C)s1. The van der Waals surface area contributed by atoms with Crippen LogP contribution in [0.1, 0.15) is 15.6 Å². The summed E-state index contributed by atoms with van der Waals surface area (Å²) in [6.45, 7) is 3.63. The van der Waals surface area contributed by atoms with Crippen molar-refractivity contribution in [3.8, 4) is 11.4 Å². The largest absolute Gasteiger partial charge is 0.469 e. The summed E-state index contributed by atoms with van der Waals surface area (Å²) in [7, 11) is -1.95. The highest BCUT2D eigenvalue weighted by molar-refractivity contribution is 7.90. The molecule has 116 valence electrons. The monoisotopic (exact) mass is 338 g/mol. The van der Waals surface area contributed by atoms with Gasteiger partial charge in [0.2, 0.25) is 15.0 Å². The summed E-state index contributed by atoms with van der Waals surface area (Å²) < 4.78 is 31.8. The zero-order chi connectivity index (χ0) is 15.9. The lowest BCUT2D eigenvalue weighted by Gasteiger charge is -2.03. The molecular weight excluding hydrogens is 324 g/mol. The summed E-state index contributed by atoms with van der Waals surface area (Å²) in [5.41, 5.74) is 0.727. The quantitative estimate of drug-likeness (QED) is 0.724. The Morgan fingerprint density at radius 1 is 1.32 bits per heavy atom. The standard InChI is InChI=1S/C13H14N4O3S2/c1-8-11(4-5-20-8)12-15-16-13(17(12)3)22(18,19)7-10-6-14-9(2)21-10/h4-6H,7H2,1-3H3. The molecular formula is C13H14N4O3S2. The first-order valence-corrected chi connectivity index (χ1v) is 8.93. The van der Waals surface area contributed by atoms with Crippen LogP contribution >= 0.6 is 11.3 Å². The molecule has 22 heavy (non-hydrogen) atoms. The molecule has 3 aromatic rings. The molecule has 9 heteroatoms. The minimum Gasteiger partial charge on any atom is -0.469 e. The van der Waals surface area contributed by atoms with Crippen LogP contribution in [0, 0.1) is 13.8 Å². The first kappa shape index (κ1) is 14.9. The highest BCUT2D eigenvalue weighted by Crippen LogP contribution is 2.25. The molecule has 0 N–H and O–H groups in total. The second kappa shape index (κ2) is 5.33. The van der Waals surface area contributed by atoms with E-state index in [-0.39, 0.29) is 10.9 Å². The van der Waals surface area contributed by atoms with Crippen LogP contribution in [0.15, 0.2) is 28.1 Å². The van der Waals surface area contributed by atoms with Gasteiger partial charge in [-0.25, -0.2) is 13.4 Å². The van der Waals surface area contributed by atoms with E-state index in [1.165, 1.54) is 22.2 Å². The van der Waals surface area contributed by atoms with Crippen LogP contribution in [0.5, 0.6) is 0 Å². The van der Waals surface area contributed by atoms with Gasteiger partial charge >= 0.3 is 0 Å². The van der Waals surface area contributed by atoms with Crippen LogP contribution in [0.3, 0.4) is 0 Å². The van der Waals surface area contributed by atoms with Crippen LogP contribution in [0.25, 0.3) is 11.4 Å². The number of aromatic nitrogens is 4. The Hall–Kier alpha value is -2.00. The third-order valence-electron chi connectivity index (χ3n) is 3.21. The van der Waals surface area contributed by atoms with Crippen LogP contribution in [-0.4, -0.2) is 28.2 Å². The van der Waals surface area contributed by atoms with E-state index in [0.717, 1.165) is 10.6 Å². The molecule has 0 saturated carbocycles. The van der Waals surface area contributed by atoms with Gasteiger partial charge in [-0.3, -0.25) is 0 Å². The first-order valence-electron chi connectivity index (χ1n) is 6.46. The van der Waals surface area contributed by atoms with E-state index in [4.69, 9.17) is 4.42 Å². The van der Waals surface area contributed by atoms with Crippen LogP contribution in [0.4, 0.5) is 0 Å². The van der Waals surface area contributed by atoms with Gasteiger partial charge in [0.25, 0.3) is 0 Å². The minimum atomic E-state index is -3.58. The Morgan fingerprint density at radius 2 is 2.09 bits per heavy atom. The topological polar surface area (TPSA) is 90.9 Å². The fraction of sp³-hybridized carbons (Fsp3) is 0.308. The fourth-order valence-corrected chi connectivity index (χ4v) is 4.70. The summed E-state index contributed by atoms with van der Waals surface area (Å²) in [6, 6.07) is 1.74. The Balaban J connectivity index is 1.98. The molecule has 0 spiro atoms. The highest BCUT2D eigenvalue weighted by atomic mass is 32.2. The van der Waals surface area contributed by atoms with Crippen molar-refractivity contribution in [1.29, 1.82) is 0 Å². The molecule has 0 amide bonds. The van der Waals surface area contributed by atoms with Gasteiger partial charge in [0.1, 0.15) is 5.76 Å². The smallest absolute Gasteiger partial charge is 0.250 e. The molecule has 0 unspecified atom stereocenters. The lowest BCUT2D eigenvalue weighted by Crippen LogP contribution is -2.11. The number of sulfone groups is 1. The maximum atomic E-state index is 12.5. The van der Waals surface area contributed by atoms with Crippen LogP contribution in [0.2, 0.25) is 0 Å². The molecule has 0 aliphatic rings. The van der Waals surface area contributed by atoms with Crippen molar-refractivity contribution in [2.75, 3.05) is 0 Å². The number of rotatable bonds is 4. The van der Waals surface area contributed by atoms with Gasteiger partial charge in [0.15, 0.2) is 5.82 Å². The maximum Gasteiger partial charge on any atom is 0.250 e. The van der Waals surface area contributed by atoms with Crippen LogP contribution in [-0.2, 0) is 22.6 Å². The maximum absolute atomic E-state index is 12.5. The Labute approximate surface area is 131 Å². The van der Waals surface area contributed by atoms with Crippen molar-refractivity contribution in [3.63, 3.8) is 0 Å². The van der Waals surface area contributed by atoms with Crippen molar-refractivity contribution in [2.45, 2.75) is 24.8 Å². The third kappa shape index (κ3) is 2.57. The fourth-order valence-electron chi connectivity index (χ4n) is 2.16. The molecule has 0 aromatic carbocycles. The van der Waals surface area contributed by atoms with Gasteiger partial charge in [-0.15, -0.1) is 21.5 Å². The van der Waals surface area contributed by atoms with Crippen molar-refractivity contribution in [2.24, 2.45) is 7.05 Å². The number of aryl methyl sites for hydroxylation is 2. The van der Waals surface area contributed by atoms with Gasteiger partial charge in [-0.1, -0.05) is 0 Å². The molecule has 3 aromatic heterocycles. The second-order valence-corrected chi connectivity index (χ2v) is 8.06. The van der Waals surface area contributed by atoms with E-state index in [1.54, 1.807) is 26.2 Å². The summed E-state index contributed by atoms with van der Waals surface area (Å²) in [5, 5.41) is 8.62. The average molecular weight is 338 g/mol. The average Bonchev–Trinajstić information content (AvgIpc) is 3.11. The van der Waals surface area contributed by atoms with E-state index in [9.17, 15) is 8.42 Å². The number of nitrogens with zero attached hydrogens (tertiary/aromatic N) is 4. The van der Waals surface area contributed by atoms with Gasteiger partial charge in [0.05, 0.1) is 22.6 Å². The third-order valence-corrected chi connectivity index (χ3v) is 5.91. The number of hydrogen-bond donors (Lipinski definition) is 0. The molecule has 0 fully saturated rings. The summed E-state index contributed by atoms with van der Waals surface area (Å²) >= 11 is 1.36. The van der Waals surface area contributed by atoms with Crippen LogP contribution < -0.4 is 0 Å². The predicted octanol–water partition coefficient (Wildman–Crippen LogP) is 2.12. The number of furan rings is 1. The molecule has 0 saturated heterocycles. The number of thiazole rings is 1. The van der Waals surface area contributed by atoms with Crippen molar-refractivity contribution in [1.82, 2.24) is 19.7 Å². The Morgan fingerprint density at radius 3 is 2.68 bits per heavy atom. The molecule has 0 radical (unpaired) electrons. The molecule has 0 atom stereocenters. The van der Waals surface area contributed by atoms with E-state index in [1.807, 2.05) is 6.92 Å². The second-order valence-electron chi connectivity index (χ2n) is 4.86. The van der Waals surface area contributed by atoms with Crippen molar-refractivity contribution in [3.05, 3.63) is 34.2 Å². The Kier molecular flexibility index (Phi) is 3.61. The van der Waals surface area contributed by atoms with E-state index in [2.05, 4.69) is 15.2 Å². The zero-order valence-corrected chi connectivity index (χ0v) is 13.9. The summed E-state index contributed by atoms with van der Waals surface area (Å²) in [5.74, 6) is 0.998. The van der Waals surface area contributed by atoms with Gasteiger partial charge in [-0.05, 0) is 19.9 Å². The molecule has 0 bridgehead atoms. The molecule has 7 nitrogen and oxygen atoms in total. The first-order chi connectivity index (χ1) is 10.4. The van der Waals surface area contributed by atoms with Gasteiger partial charge < -0.3 is 8.98 Å². The Bertz CT molecular complexity index is 921. The summed E-state index contributed by atoms with van der Waals surface area (Å²) in [6.07, 6.45) is 3.11. The molecule has 3 rings (SSSR count). The van der Waals surface area contributed by atoms with E-state index >= 15 is 0 Å². The summed E-state index contributed by atoms with van der Waals surface area (Å²) in [4.78, 5) is 4.76. The lowest BCUT2D eigenvalue weighted by molar-refractivity contribution is 0.534. The molecule has 3 heterocycles. The molecule has 0 aliphatic heterocycles. The van der Waals surface area contributed by atoms with Gasteiger partial charge in [0, 0.05) is 18.1 Å². The molecule has 0 aliphatic carbocycles. The minimum absolute atomic E-state index is 0.0610. The normalized spacial score (nSPS) is 12.0. The zero-order valence-electron chi connectivity index (χ0n) is 12.3. The highest BCUT2D eigenvalue weighted by Gasteiger charge is 2.25.